The Morgan fingerprint density at radius 2 is 2.00 bits per heavy atom. The molecule has 0 bridgehead atoms. The van der Waals surface area contributed by atoms with Gasteiger partial charge in [0.15, 0.2) is 0 Å². The molecule has 0 fully saturated rings. The van der Waals surface area contributed by atoms with Crippen LogP contribution in [0.5, 0.6) is 0 Å². The molecule has 0 aliphatic carbocycles. The van der Waals surface area contributed by atoms with Gasteiger partial charge in [0.05, 0.1) is 0 Å². The molecule has 0 atom stereocenters. The van der Waals surface area contributed by atoms with E-state index < -0.39 is 8.07 Å². The van der Waals surface area contributed by atoms with E-state index in [4.69, 9.17) is 0 Å². The van der Waals surface area contributed by atoms with Gasteiger partial charge in [0.2, 0.25) is 0 Å². The molecule has 0 radical (unpaired) electrons. The molecule has 0 saturated heterocycles. The van der Waals surface area contributed by atoms with Gasteiger partial charge in [-0.3, -0.25) is 0 Å². The zero-order chi connectivity index (χ0) is 8.74. The van der Waals surface area contributed by atoms with Gasteiger partial charge in [-0.2, -0.15) is 0 Å². The number of alkyl halides is 1. The normalized spacial score (nSPS) is 11.3. The third kappa shape index (κ3) is 10.00. The van der Waals surface area contributed by atoms with Crippen LogP contribution >= 0.6 is 15.9 Å². The van der Waals surface area contributed by atoms with Crippen molar-refractivity contribution in [2.24, 2.45) is 0 Å². The molecule has 2 heteroatoms. The Kier molecular flexibility index (Phi) is 5.62. The van der Waals surface area contributed by atoms with E-state index in [-0.39, 0.29) is 0 Å². The second-order valence-electron chi connectivity index (χ2n) is 3.40. The average molecular weight is 231 g/mol. The standard InChI is InChI=1S/C9H15BrSi/c1-11(2,3)9-7-5-4-6-8-10/h4-5H,6,8H2,1-3H3/b5-4+. The topological polar surface area (TPSA) is 0 Å². The smallest absolute Gasteiger partial charge is 0.127 e. The summed E-state index contributed by atoms with van der Waals surface area (Å²) in [5.41, 5.74) is 3.27. The van der Waals surface area contributed by atoms with Crippen LogP contribution in [0, 0.1) is 11.5 Å². The lowest BCUT2D eigenvalue weighted by atomic mass is 10.4. The van der Waals surface area contributed by atoms with E-state index in [1.54, 1.807) is 0 Å². The molecular formula is C9H15BrSi. The summed E-state index contributed by atoms with van der Waals surface area (Å²) in [5, 5.41) is 1.03. The number of allylic oxidation sites excluding steroid dienone is 2. The minimum absolute atomic E-state index is 1.03. The Balaban J connectivity index is 3.72. The van der Waals surface area contributed by atoms with Crippen molar-refractivity contribution >= 4 is 24.0 Å². The van der Waals surface area contributed by atoms with Crippen molar-refractivity contribution in [3.05, 3.63) is 12.2 Å². The summed E-state index contributed by atoms with van der Waals surface area (Å²) in [6.07, 6.45) is 5.13. The van der Waals surface area contributed by atoms with E-state index in [1.165, 1.54) is 0 Å². The lowest BCUT2D eigenvalue weighted by Crippen LogP contribution is -2.16. The monoisotopic (exact) mass is 230 g/mol. The fraction of sp³-hybridized carbons (Fsp3) is 0.556. The predicted octanol–water partition coefficient (Wildman–Crippen LogP) is 3.21. The molecule has 11 heavy (non-hydrogen) atoms. The molecule has 0 N–H and O–H groups in total. The second-order valence-corrected chi connectivity index (χ2v) is 8.94. The van der Waals surface area contributed by atoms with Crippen molar-refractivity contribution in [1.82, 2.24) is 0 Å². The molecule has 0 spiro atoms. The maximum Gasteiger partial charge on any atom is 0.129 e. The molecule has 0 aromatic rings. The highest BCUT2D eigenvalue weighted by atomic mass is 79.9. The first kappa shape index (κ1) is 11.0. The van der Waals surface area contributed by atoms with Gasteiger partial charge < -0.3 is 0 Å². The van der Waals surface area contributed by atoms with E-state index in [0.29, 0.717) is 0 Å². The maximum atomic E-state index is 3.35. The highest BCUT2D eigenvalue weighted by molar-refractivity contribution is 9.09. The number of hydrogen-bond acceptors (Lipinski definition) is 0. The molecule has 0 heterocycles. The summed E-state index contributed by atoms with van der Waals surface area (Å²) in [6, 6.07) is 0. The van der Waals surface area contributed by atoms with Crippen molar-refractivity contribution in [3.63, 3.8) is 0 Å². The van der Waals surface area contributed by atoms with Gasteiger partial charge in [0.1, 0.15) is 8.07 Å². The molecule has 0 aliphatic rings. The minimum atomic E-state index is -1.14. The SMILES string of the molecule is C[Si](C)(C)C#C/C=C/CCBr. The minimum Gasteiger partial charge on any atom is -0.127 e. The molecule has 0 nitrogen and oxygen atoms in total. The second kappa shape index (κ2) is 5.62. The molecule has 0 amide bonds. The summed E-state index contributed by atoms with van der Waals surface area (Å²) in [6.45, 7) is 6.75. The average Bonchev–Trinajstić information content (AvgIpc) is 1.85. The fourth-order valence-electron chi connectivity index (χ4n) is 0.463. The van der Waals surface area contributed by atoms with Crippen LogP contribution in [0.1, 0.15) is 6.42 Å². The summed E-state index contributed by atoms with van der Waals surface area (Å²) in [4.78, 5) is 0. The molecule has 0 unspecified atom stereocenters. The molecule has 0 aromatic heterocycles. The highest BCUT2D eigenvalue weighted by Crippen LogP contribution is 1.96. The number of halogens is 1. The Morgan fingerprint density at radius 1 is 1.36 bits per heavy atom. The quantitative estimate of drug-likeness (QED) is 0.389. The third-order valence-corrected chi connectivity index (χ3v) is 2.28. The first-order valence-electron chi connectivity index (χ1n) is 3.80. The Hall–Kier alpha value is -0.00312. The highest BCUT2D eigenvalue weighted by Gasteiger charge is 2.06. The van der Waals surface area contributed by atoms with Crippen LogP contribution in [-0.4, -0.2) is 13.4 Å². The zero-order valence-corrected chi connectivity index (χ0v) is 10.0. The maximum absolute atomic E-state index is 3.35. The summed E-state index contributed by atoms with van der Waals surface area (Å²) < 4.78 is 0. The van der Waals surface area contributed by atoms with Gasteiger partial charge in [-0.1, -0.05) is 47.6 Å². The molecular weight excluding hydrogens is 216 g/mol. The largest absolute Gasteiger partial charge is 0.129 e. The van der Waals surface area contributed by atoms with Crippen LogP contribution in [0.25, 0.3) is 0 Å². The van der Waals surface area contributed by atoms with Crippen LogP contribution < -0.4 is 0 Å². The third-order valence-electron chi connectivity index (χ3n) is 0.924. The fourth-order valence-corrected chi connectivity index (χ4v) is 1.24. The lowest BCUT2D eigenvalue weighted by molar-refractivity contribution is 1.26. The van der Waals surface area contributed by atoms with Crippen molar-refractivity contribution in [2.75, 3.05) is 5.33 Å². The molecule has 62 valence electrons. The van der Waals surface area contributed by atoms with Crippen LogP contribution in [0.2, 0.25) is 19.6 Å². The lowest BCUT2D eigenvalue weighted by Gasteiger charge is -2.01. The van der Waals surface area contributed by atoms with E-state index in [9.17, 15) is 0 Å². The van der Waals surface area contributed by atoms with E-state index in [2.05, 4.69) is 53.1 Å². The van der Waals surface area contributed by atoms with Gasteiger partial charge in [0, 0.05) is 5.33 Å². The number of hydrogen-bond donors (Lipinski definition) is 0. The Bertz CT molecular complexity index is 178. The van der Waals surface area contributed by atoms with Crippen molar-refractivity contribution < 1.29 is 0 Å². The predicted molar refractivity (Wildman–Crippen MR) is 58.7 cm³/mol. The Labute approximate surface area is 79.2 Å². The van der Waals surface area contributed by atoms with E-state index in [0.717, 1.165) is 11.8 Å². The molecule has 0 saturated carbocycles. The summed E-state index contributed by atoms with van der Waals surface area (Å²) in [7, 11) is -1.14. The van der Waals surface area contributed by atoms with Crippen molar-refractivity contribution in [1.29, 1.82) is 0 Å². The van der Waals surface area contributed by atoms with Crippen LogP contribution in [0.15, 0.2) is 12.2 Å². The first-order chi connectivity index (χ1) is 5.06. The van der Waals surface area contributed by atoms with Crippen LogP contribution in [-0.2, 0) is 0 Å². The summed E-state index contributed by atoms with van der Waals surface area (Å²) in [5.74, 6) is 3.07. The number of rotatable bonds is 2. The van der Waals surface area contributed by atoms with Gasteiger partial charge in [-0.25, -0.2) is 0 Å². The molecule has 0 aromatic carbocycles. The van der Waals surface area contributed by atoms with Gasteiger partial charge in [0.25, 0.3) is 0 Å². The van der Waals surface area contributed by atoms with Crippen LogP contribution in [0.4, 0.5) is 0 Å². The summed E-state index contributed by atoms with van der Waals surface area (Å²) >= 11 is 3.35. The Morgan fingerprint density at radius 3 is 2.45 bits per heavy atom. The van der Waals surface area contributed by atoms with E-state index in [1.807, 2.05) is 6.08 Å². The van der Waals surface area contributed by atoms with Crippen LogP contribution in [0.3, 0.4) is 0 Å². The molecule has 0 rings (SSSR count). The van der Waals surface area contributed by atoms with Gasteiger partial charge in [-0.05, 0) is 12.5 Å². The van der Waals surface area contributed by atoms with Gasteiger partial charge in [-0.15, -0.1) is 5.54 Å². The zero-order valence-electron chi connectivity index (χ0n) is 7.45. The van der Waals surface area contributed by atoms with E-state index >= 15 is 0 Å². The van der Waals surface area contributed by atoms with Crippen molar-refractivity contribution in [2.45, 2.75) is 26.1 Å². The van der Waals surface area contributed by atoms with Gasteiger partial charge >= 0.3 is 0 Å². The van der Waals surface area contributed by atoms with Crippen molar-refractivity contribution in [3.8, 4) is 11.5 Å². The molecule has 0 aliphatic heterocycles. The first-order valence-corrected chi connectivity index (χ1v) is 8.42.